The van der Waals surface area contributed by atoms with Crippen LogP contribution in [-0.2, 0) is 6.54 Å². The Morgan fingerprint density at radius 2 is 1.80 bits per heavy atom. The topological polar surface area (TPSA) is 58.3 Å². The van der Waals surface area contributed by atoms with Crippen molar-refractivity contribution < 1.29 is 0 Å². The van der Waals surface area contributed by atoms with Crippen molar-refractivity contribution in [1.29, 1.82) is 0 Å². The van der Waals surface area contributed by atoms with E-state index in [9.17, 15) is 0 Å². The van der Waals surface area contributed by atoms with Crippen LogP contribution in [0.2, 0.25) is 5.02 Å². The molecule has 2 heterocycles. The number of nitrogens with two attached hydrogens (primary N) is 1. The molecule has 7 heteroatoms. The molecule has 0 bridgehead atoms. The third kappa shape index (κ3) is 3.20. The van der Waals surface area contributed by atoms with Gasteiger partial charge in [-0.2, -0.15) is 0 Å². The summed E-state index contributed by atoms with van der Waals surface area (Å²) in [6.45, 7) is 4.89. The fraction of sp³-hybridized carbons (Fsp3) is 0.385. The van der Waals surface area contributed by atoms with E-state index in [4.69, 9.17) is 17.3 Å². The zero-order valence-electron chi connectivity index (χ0n) is 11.0. The number of benzene rings is 1. The third-order valence-electron chi connectivity index (χ3n) is 3.41. The van der Waals surface area contributed by atoms with Crippen molar-refractivity contribution in [3.63, 3.8) is 0 Å². The molecule has 2 N–H and O–H groups in total. The van der Waals surface area contributed by atoms with Crippen LogP contribution in [0.5, 0.6) is 0 Å². The molecule has 3 rings (SSSR count). The molecule has 0 radical (unpaired) electrons. The van der Waals surface area contributed by atoms with Crippen LogP contribution in [0, 0.1) is 0 Å². The molecule has 0 saturated carbocycles. The first kappa shape index (κ1) is 13.6. The maximum absolute atomic E-state index is 5.92. The SMILES string of the molecule is Nc1nnc(CN2CCN(c3ccc(Cl)cc3)CC2)s1. The smallest absolute Gasteiger partial charge is 0.203 e. The molecule has 0 aliphatic carbocycles. The van der Waals surface area contributed by atoms with E-state index < -0.39 is 0 Å². The van der Waals surface area contributed by atoms with Gasteiger partial charge in [-0.3, -0.25) is 4.90 Å². The first-order chi connectivity index (χ1) is 9.70. The summed E-state index contributed by atoms with van der Waals surface area (Å²) in [5, 5.41) is 10.2. The van der Waals surface area contributed by atoms with Crippen LogP contribution in [0.4, 0.5) is 10.8 Å². The van der Waals surface area contributed by atoms with Gasteiger partial charge in [0.05, 0.1) is 6.54 Å². The molecule has 1 aliphatic rings. The molecule has 1 fully saturated rings. The number of halogens is 1. The molecule has 0 unspecified atom stereocenters. The first-order valence-electron chi connectivity index (χ1n) is 6.51. The number of aromatic nitrogens is 2. The lowest BCUT2D eigenvalue weighted by molar-refractivity contribution is 0.249. The van der Waals surface area contributed by atoms with Crippen molar-refractivity contribution in [3.05, 3.63) is 34.3 Å². The van der Waals surface area contributed by atoms with Gasteiger partial charge in [0.1, 0.15) is 5.01 Å². The average Bonchev–Trinajstić information content (AvgIpc) is 2.86. The van der Waals surface area contributed by atoms with Gasteiger partial charge in [0, 0.05) is 36.9 Å². The Labute approximate surface area is 127 Å². The maximum Gasteiger partial charge on any atom is 0.203 e. The second kappa shape index (κ2) is 5.95. The largest absolute Gasteiger partial charge is 0.374 e. The number of rotatable bonds is 3. The molecule has 1 aromatic carbocycles. The third-order valence-corrected chi connectivity index (χ3v) is 4.39. The molecular formula is C13H16ClN5S. The highest BCUT2D eigenvalue weighted by molar-refractivity contribution is 7.15. The van der Waals surface area contributed by atoms with Crippen LogP contribution >= 0.6 is 22.9 Å². The van der Waals surface area contributed by atoms with Crippen molar-refractivity contribution in [3.8, 4) is 0 Å². The Kier molecular flexibility index (Phi) is 4.05. The van der Waals surface area contributed by atoms with Gasteiger partial charge in [-0.1, -0.05) is 22.9 Å². The van der Waals surface area contributed by atoms with E-state index in [1.807, 2.05) is 12.1 Å². The minimum absolute atomic E-state index is 0.541. The summed E-state index contributed by atoms with van der Waals surface area (Å²) in [4.78, 5) is 4.76. The Morgan fingerprint density at radius 1 is 1.10 bits per heavy atom. The van der Waals surface area contributed by atoms with Gasteiger partial charge in [0.25, 0.3) is 0 Å². The lowest BCUT2D eigenvalue weighted by Crippen LogP contribution is -2.45. The number of hydrogen-bond acceptors (Lipinski definition) is 6. The van der Waals surface area contributed by atoms with Crippen molar-refractivity contribution in [2.75, 3.05) is 36.8 Å². The van der Waals surface area contributed by atoms with E-state index in [1.54, 1.807) is 0 Å². The lowest BCUT2D eigenvalue weighted by atomic mass is 10.2. The van der Waals surface area contributed by atoms with E-state index >= 15 is 0 Å². The summed E-state index contributed by atoms with van der Waals surface area (Å²) < 4.78 is 0. The Morgan fingerprint density at radius 3 is 2.40 bits per heavy atom. The minimum Gasteiger partial charge on any atom is -0.374 e. The highest BCUT2D eigenvalue weighted by Crippen LogP contribution is 2.20. The van der Waals surface area contributed by atoms with E-state index in [0.717, 1.165) is 42.8 Å². The predicted molar refractivity (Wildman–Crippen MR) is 83.3 cm³/mol. The van der Waals surface area contributed by atoms with Gasteiger partial charge in [0.15, 0.2) is 0 Å². The van der Waals surface area contributed by atoms with E-state index in [-0.39, 0.29) is 0 Å². The van der Waals surface area contributed by atoms with Crippen molar-refractivity contribution >= 4 is 33.8 Å². The van der Waals surface area contributed by atoms with E-state index in [1.165, 1.54) is 17.0 Å². The summed E-state index contributed by atoms with van der Waals surface area (Å²) in [5.74, 6) is 0. The Balaban J connectivity index is 1.55. The molecule has 2 aromatic rings. The van der Waals surface area contributed by atoms with E-state index in [2.05, 4.69) is 32.1 Å². The molecule has 5 nitrogen and oxygen atoms in total. The second-order valence-corrected chi connectivity index (χ2v) is 6.30. The van der Waals surface area contributed by atoms with Crippen LogP contribution in [-0.4, -0.2) is 41.3 Å². The van der Waals surface area contributed by atoms with Crippen LogP contribution < -0.4 is 10.6 Å². The van der Waals surface area contributed by atoms with Gasteiger partial charge in [-0.25, -0.2) is 0 Å². The highest BCUT2D eigenvalue weighted by Gasteiger charge is 2.18. The predicted octanol–water partition coefficient (Wildman–Crippen LogP) is 2.10. The molecule has 1 aliphatic heterocycles. The fourth-order valence-electron chi connectivity index (χ4n) is 2.34. The zero-order chi connectivity index (χ0) is 13.9. The molecule has 1 aromatic heterocycles. The summed E-state index contributed by atoms with van der Waals surface area (Å²) >= 11 is 7.38. The number of anilines is 2. The fourth-order valence-corrected chi connectivity index (χ4v) is 3.12. The standard InChI is InChI=1S/C13H16ClN5S/c14-10-1-3-11(4-2-10)19-7-5-18(6-8-19)9-12-16-17-13(15)20-12/h1-4H,5-9H2,(H2,15,17). The number of nitrogen functional groups attached to an aromatic ring is 1. The van der Waals surface area contributed by atoms with Crippen molar-refractivity contribution in [2.45, 2.75) is 6.54 Å². The first-order valence-corrected chi connectivity index (χ1v) is 7.71. The summed E-state index contributed by atoms with van der Waals surface area (Å²) in [6.07, 6.45) is 0. The zero-order valence-corrected chi connectivity index (χ0v) is 12.6. The van der Waals surface area contributed by atoms with Crippen LogP contribution in [0.25, 0.3) is 0 Å². The Hall–Kier alpha value is -1.37. The number of nitrogens with zero attached hydrogens (tertiary/aromatic N) is 4. The van der Waals surface area contributed by atoms with Crippen molar-refractivity contribution in [1.82, 2.24) is 15.1 Å². The van der Waals surface area contributed by atoms with Gasteiger partial charge < -0.3 is 10.6 Å². The molecule has 106 valence electrons. The summed E-state index contributed by atoms with van der Waals surface area (Å²) in [7, 11) is 0. The van der Waals surface area contributed by atoms with Crippen molar-refractivity contribution in [2.24, 2.45) is 0 Å². The molecule has 0 amide bonds. The molecule has 1 saturated heterocycles. The van der Waals surface area contributed by atoms with Gasteiger partial charge >= 0.3 is 0 Å². The molecule has 20 heavy (non-hydrogen) atoms. The Bertz CT molecular complexity index is 562. The number of hydrogen-bond donors (Lipinski definition) is 1. The minimum atomic E-state index is 0.541. The summed E-state index contributed by atoms with van der Waals surface area (Å²) in [5.41, 5.74) is 6.83. The van der Waals surface area contributed by atoms with Gasteiger partial charge in [0.2, 0.25) is 5.13 Å². The number of piperazine rings is 1. The molecular weight excluding hydrogens is 294 g/mol. The van der Waals surface area contributed by atoms with Gasteiger partial charge in [-0.15, -0.1) is 10.2 Å². The quantitative estimate of drug-likeness (QED) is 0.941. The monoisotopic (exact) mass is 309 g/mol. The lowest BCUT2D eigenvalue weighted by Gasteiger charge is -2.35. The summed E-state index contributed by atoms with van der Waals surface area (Å²) in [6, 6.07) is 8.02. The molecule has 0 atom stereocenters. The van der Waals surface area contributed by atoms with Crippen LogP contribution in [0.15, 0.2) is 24.3 Å². The highest BCUT2D eigenvalue weighted by atomic mass is 35.5. The molecule has 0 spiro atoms. The second-order valence-electron chi connectivity index (χ2n) is 4.77. The normalized spacial score (nSPS) is 16.6. The van der Waals surface area contributed by atoms with Crippen LogP contribution in [0.3, 0.4) is 0 Å². The van der Waals surface area contributed by atoms with E-state index in [0.29, 0.717) is 5.13 Å². The van der Waals surface area contributed by atoms with Crippen LogP contribution in [0.1, 0.15) is 5.01 Å². The maximum atomic E-state index is 5.92. The van der Waals surface area contributed by atoms with Gasteiger partial charge in [-0.05, 0) is 24.3 Å². The average molecular weight is 310 g/mol.